The molecular formula is C22H22FN5O. The fraction of sp³-hybridized carbons (Fsp3) is 0.318. The highest BCUT2D eigenvalue weighted by Crippen LogP contribution is 2.42. The van der Waals surface area contributed by atoms with Gasteiger partial charge in [-0.15, -0.1) is 5.10 Å². The molecule has 7 heteroatoms. The second-order valence-electron chi connectivity index (χ2n) is 7.66. The van der Waals surface area contributed by atoms with E-state index in [-0.39, 0.29) is 17.6 Å². The number of carbonyl (C=O) groups excluding carboxylic acids is 1. The predicted molar refractivity (Wildman–Crippen MR) is 109 cm³/mol. The van der Waals surface area contributed by atoms with Crippen molar-refractivity contribution in [3.8, 4) is 5.69 Å². The van der Waals surface area contributed by atoms with E-state index in [1.165, 1.54) is 6.07 Å². The molecule has 0 atom stereocenters. The SMILES string of the molecule is O=C(Nc1ccc(N2CCCC2)c(F)c1)c1nnn(-c2ccccc2)c1C1CC1. The number of benzene rings is 2. The van der Waals surface area contributed by atoms with Crippen molar-refractivity contribution < 1.29 is 9.18 Å². The molecule has 29 heavy (non-hydrogen) atoms. The summed E-state index contributed by atoms with van der Waals surface area (Å²) in [6, 6.07) is 14.5. The van der Waals surface area contributed by atoms with E-state index in [4.69, 9.17) is 0 Å². The Morgan fingerprint density at radius 3 is 2.52 bits per heavy atom. The first kappa shape index (κ1) is 17.8. The van der Waals surface area contributed by atoms with Gasteiger partial charge in [0.2, 0.25) is 0 Å². The molecule has 1 aromatic heterocycles. The number of nitrogens with one attached hydrogen (secondary N) is 1. The smallest absolute Gasteiger partial charge is 0.278 e. The van der Waals surface area contributed by atoms with Gasteiger partial charge >= 0.3 is 0 Å². The summed E-state index contributed by atoms with van der Waals surface area (Å²) in [7, 11) is 0. The number of halogens is 1. The molecule has 5 rings (SSSR count). The molecule has 1 amide bonds. The summed E-state index contributed by atoms with van der Waals surface area (Å²) in [6.45, 7) is 1.74. The number of amides is 1. The number of hydrogen-bond acceptors (Lipinski definition) is 4. The Labute approximate surface area is 168 Å². The number of carbonyl (C=O) groups is 1. The van der Waals surface area contributed by atoms with Crippen molar-refractivity contribution in [3.63, 3.8) is 0 Å². The van der Waals surface area contributed by atoms with Gasteiger partial charge in [0, 0.05) is 24.7 Å². The van der Waals surface area contributed by atoms with Gasteiger partial charge in [0.15, 0.2) is 5.69 Å². The Bertz CT molecular complexity index is 1040. The van der Waals surface area contributed by atoms with Gasteiger partial charge in [-0.25, -0.2) is 9.07 Å². The van der Waals surface area contributed by atoms with E-state index in [9.17, 15) is 9.18 Å². The lowest BCUT2D eigenvalue weighted by atomic mass is 10.2. The normalized spacial score (nSPS) is 16.2. The summed E-state index contributed by atoms with van der Waals surface area (Å²) in [5, 5.41) is 11.2. The van der Waals surface area contributed by atoms with Crippen LogP contribution in [0, 0.1) is 5.82 Å². The molecule has 148 valence electrons. The number of hydrogen-bond donors (Lipinski definition) is 1. The first-order chi connectivity index (χ1) is 14.2. The average molecular weight is 391 g/mol. The number of anilines is 2. The van der Waals surface area contributed by atoms with E-state index in [0.717, 1.165) is 50.2 Å². The van der Waals surface area contributed by atoms with Crippen molar-refractivity contribution in [3.05, 3.63) is 65.7 Å². The molecule has 3 aromatic rings. The van der Waals surface area contributed by atoms with Crippen LogP contribution in [0.25, 0.3) is 5.69 Å². The van der Waals surface area contributed by atoms with Crippen molar-refractivity contribution in [2.75, 3.05) is 23.3 Å². The third-order valence-corrected chi connectivity index (χ3v) is 5.54. The van der Waals surface area contributed by atoms with Crippen LogP contribution in [0.3, 0.4) is 0 Å². The van der Waals surface area contributed by atoms with Crippen molar-refractivity contribution >= 4 is 17.3 Å². The van der Waals surface area contributed by atoms with Crippen LogP contribution in [0.15, 0.2) is 48.5 Å². The van der Waals surface area contributed by atoms with Crippen LogP contribution in [0.1, 0.15) is 47.8 Å². The summed E-state index contributed by atoms with van der Waals surface area (Å²) in [5.74, 6) is -0.400. The highest BCUT2D eigenvalue weighted by atomic mass is 19.1. The molecule has 1 aliphatic heterocycles. The molecule has 0 bridgehead atoms. The lowest BCUT2D eigenvalue weighted by Gasteiger charge is -2.18. The number of nitrogens with zero attached hydrogens (tertiary/aromatic N) is 4. The zero-order valence-corrected chi connectivity index (χ0v) is 16.0. The third kappa shape index (κ3) is 3.48. The predicted octanol–water partition coefficient (Wildman–Crippen LogP) is 4.14. The lowest BCUT2D eigenvalue weighted by molar-refractivity contribution is 0.102. The Hall–Kier alpha value is -3.22. The van der Waals surface area contributed by atoms with Crippen LogP contribution >= 0.6 is 0 Å². The van der Waals surface area contributed by atoms with Gasteiger partial charge in [-0.1, -0.05) is 23.4 Å². The summed E-state index contributed by atoms with van der Waals surface area (Å²) in [4.78, 5) is 14.9. The second-order valence-corrected chi connectivity index (χ2v) is 7.66. The molecule has 2 heterocycles. The van der Waals surface area contributed by atoms with E-state index < -0.39 is 0 Å². The quantitative estimate of drug-likeness (QED) is 0.710. The maximum atomic E-state index is 14.6. The fourth-order valence-corrected chi connectivity index (χ4v) is 3.92. The van der Waals surface area contributed by atoms with Gasteiger partial charge in [-0.3, -0.25) is 4.79 Å². The molecule has 1 saturated heterocycles. The van der Waals surface area contributed by atoms with Crippen molar-refractivity contribution in [2.45, 2.75) is 31.6 Å². The molecule has 2 aromatic carbocycles. The van der Waals surface area contributed by atoms with E-state index in [1.54, 1.807) is 16.8 Å². The summed E-state index contributed by atoms with van der Waals surface area (Å²) in [5.41, 5.74) is 3.02. The van der Waals surface area contributed by atoms with E-state index in [1.807, 2.05) is 35.2 Å². The largest absolute Gasteiger partial charge is 0.369 e. The van der Waals surface area contributed by atoms with Crippen molar-refractivity contribution in [2.24, 2.45) is 0 Å². The van der Waals surface area contributed by atoms with E-state index in [2.05, 4.69) is 15.6 Å². The Morgan fingerprint density at radius 2 is 1.83 bits per heavy atom. The highest BCUT2D eigenvalue weighted by Gasteiger charge is 2.34. The third-order valence-electron chi connectivity index (χ3n) is 5.54. The lowest BCUT2D eigenvalue weighted by Crippen LogP contribution is -2.19. The van der Waals surface area contributed by atoms with Gasteiger partial charge in [0.05, 0.1) is 17.1 Å². The molecular weight excluding hydrogens is 369 g/mol. The molecule has 2 fully saturated rings. The van der Waals surface area contributed by atoms with Crippen LogP contribution in [0.2, 0.25) is 0 Å². The maximum Gasteiger partial charge on any atom is 0.278 e. The highest BCUT2D eigenvalue weighted by molar-refractivity contribution is 6.04. The second kappa shape index (κ2) is 7.31. The van der Waals surface area contributed by atoms with Crippen molar-refractivity contribution in [1.82, 2.24) is 15.0 Å². The van der Waals surface area contributed by atoms with Crippen molar-refractivity contribution in [1.29, 1.82) is 0 Å². The molecule has 1 saturated carbocycles. The van der Waals surface area contributed by atoms with Gasteiger partial charge in [-0.05, 0) is 56.0 Å². The summed E-state index contributed by atoms with van der Waals surface area (Å²) < 4.78 is 16.3. The first-order valence-corrected chi connectivity index (χ1v) is 10.1. The Morgan fingerprint density at radius 1 is 1.07 bits per heavy atom. The minimum atomic E-state index is -0.359. The zero-order chi connectivity index (χ0) is 19.8. The Kier molecular flexibility index (Phi) is 4.50. The van der Waals surface area contributed by atoms with Gasteiger partial charge in [0.25, 0.3) is 5.91 Å². The number of para-hydroxylation sites is 1. The maximum absolute atomic E-state index is 14.6. The Balaban J connectivity index is 1.40. The minimum Gasteiger partial charge on any atom is -0.369 e. The molecule has 0 spiro atoms. The average Bonchev–Trinajstić information content (AvgIpc) is 3.25. The number of aromatic nitrogens is 3. The van der Waals surface area contributed by atoms with Crippen LogP contribution in [0.4, 0.5) is 15.8 Å². The van der Waals surface area contributed by atoms with Crippen LogP contribution in [0.5, 0.6) is 0 Å². The van der Waals surface area contributed by atoms with Crippen LogP contribution in [-0.4, -0.2) is 34.0 Å². The minimum absolute atomic E-state index is 0.278. The number of rotatable bonds is 5. The fourth-order valence-electron chi connectivity index (χ4n) is 3.92. The van der Waals surface area contributed by atoms with E-state index >= 15 is 0 Å². The van der Waals surface area contributed by atoms with Gasteiger partial charge in [0.1, 0.15) is 5.82 Å². The molecule has 1 aliphatic carbocycles. The molecule has 0 unspecified atom stereocenters. The summed E-state index contributed by atoms with van der Waals surface area (Å²) >= 11 is 0. The zero-order valence-electron chi connectivity index (χ0n) is 16.0. The van der Waals surface area contributed by atoms with Crippen LogP contribution < -0.4 is 10.2 Å². The first-order valence-electron chi connectivity index (χ1n) is 10.1. The van der Waals surface area contributed by atoms with Gasteiger partial charge < -0.3 is 10.2 Å². The standard InChI is InChI=1S/C22H22FN5O/c23-18-14-16(10-11-19(18)27-12-4-5-13-27)24-22(29)20-21(15-8-9-15)28(26-25-20)17-6-2-1-3-7-17/h1-3,6-7,10-11,14-15H,4-5,8-9,12-13H2,(H,24,29). The van der Waals surface area contributed by atoms with Gasteiger partial charge in [-0.2, -0.15) is 0 Å². The topological polar surface area (TPSA) is 63.1 Å². The molecule has 1 N–H and O–H groups in total. The summed E-state index contributed by atoms with van der Waals surface area (Å²) in [6.07, 6.45) is 4.19. The molecule has 6 nitrogen and oxygen atoms in total. The monoisotopic (exact) mass is 391 g/mol. The molecule has 2 aliphatic rings. The van der Waals surface area contributed by atoms with Crippen LogP contribution in [-0.2, 0) is 0 Å². The van der Waals surface area contributed by atoms with E-state index in [0.29, 0.717) is 17.1 Å². The molecule has 0 radical (unpaired) electrons.